The van der Waals surface area contributed by atoms with E-state index in [-0.39, 0.29) is 11.9 Å². The molecule has 1 saturated heterocycles. The summed E-state index contributed by atoms with van der Waals surface area (Å²) in [5.41, 5.74) is 4.05. The molecule has 2 heterocycles. The van der Waals surface area contributed by atoms with Gasteiger partial charge in [0, 0.05) is 39.4 Å². The summed E-state index contributed by atoms with van der Waals surface area (Å²) in [6.45, 7) is 2.75. The second kappa shape index (κ2) is 4.85. The highest BCUT2D eigenvalue weighted by molar-refractivity contribution is 5.83. The van der Waals surface area contributed by atoms with Gasteiger partial charge in [-0.15, -0.1) is 0 Å². The number of hydrogen-bond acceptors (Lipinski definition) is 3. The summed E-state index contributed by atoms with van der Waals surface area (Å²) in [7, 11) is 4.01. The van der Waals surface area contributed by atoms with Crippen LogP contribution in [0, 0.1) is 0 Å². The van der Waals surface area contributed by atoms with Crippen molar-refractivity contribution >= 4 is 11.6 Å². The predicted molar refractivity (Wildman–Crippen MR) is 76.3 cm³/mol. The quantitative estimate of drug-likeness (QED) is 0.879. The largest absolute Gasteiger partial charge is 0.374 e. The van der Waals surface area contributed by atoms with Crippen LogP contribution in [0.1, 0.15) is 17.5 Å². The highest BCUT2D eigenvalue weighted by Gasteiger charge is 2.28. The minimum Gasteiger partial charge on any atom is -0.374 e. The summed E-state index contributed by atoms with van der Waals surface area (Å²) in [6.07, 6.45) is 2.05. The zero-order valence-electron chi connectivity index (χ0n) is 11.6. The van der Waals surface area contributed by atoms with Gasteiger partial charge < -0.3 is 15.1 Å². The van der Waals surface area contributed by atoms with Crippen molar-refractivity contribution in [3.63, 3.8) is 0 Å². The van der Waals surface area contributed by atoms with Gasteiger partial charge in [-0.2, -0.15) is 0 Å². The van der Waals surface area contributed by atoms with Crippen molar-refractivity contribution in [1.82, 2.24) is 10.2 Å². The lowest BCUT2D eigenvalue weighted by atomic mass is 10.1. The zero-order chi connectivity index (χ0) is 13.4. The lowest BCUT2D eigenvalue weighted by Crippen LogP contribution is -2.36. The van der Waals surface area contributed by atoms with Gasteiger partial charge in [-0.25, -0.2) is 0 Å². The van der Waals surface area contributed by atoms with Gasteiger partial charge >= 0.3 is 0 Å². The van der Waals surface area contributed by atoms with Gasteiger partial charge in [0.05, 0.1) is 6.04 Å². The molecule has 1 aromatic carbocycles. The van der Waals surface area contributed by atoms with E-state index in [1.807, 2.05) is 7.05 Å². The van der Waals surface area contributed by atoms with E-state index in [0.29, 0.717) is 0 Å². The SMILES string of the molecule is CN1CCC(NCc2ccc3c(c2)CCN3C)C1=O. The number of fused-ring (bicyclic) bond motifs is 1. The predicted octanol–water partition coefficient (Wildman–Crippen LogP) is 0.999. The van der Waals surface area contributed by atoms with Gasteiger partial charge in [0.1, 0.15) is 0 Å². The van der Waals surface area contributed by atoms with Crippen molar-refractivity contribution in [2.24, 2.45) is 0 Å². The Kier molecular flexibility index (Phi) is 3.19. The third-order valence-corrected chi connectivity index (χ3v) is 4.25. The molecule has 2 aliphatic rings. The fraction of sp³-hybridized carbons (Fsp3) is 0.533. The van der Waals surface area contributed by atoms with Gasteiger partial charge in [-0.05, 0) is 30.0 Å². The molecule has 4 nitrogen and oxygen atoms in total. The van der Waals surface area contributed by atoms with Crippen LogP contribution in [0.2, 0.25) is 0 Å². The summed E-state index contributed by atoms with van der Waals surface area (Å²) < 4.78 is 0. The Morgan fingerprint density at radius 2 is 2.11 bits per heavy atom. The van der Waals surface area contributed by atoms with E-state index in [9.17, 15) is 4.79 Å². The number of carbonyl (C=O) groups excluding carboxylic acids is 1. The van der Waals surface area contributed by atoms with Crippen LogP contribution < -0.4 is 10.2 Å². The summed E-state index contributed by atoms with van der Waals surface area (Å²) in [5, 5.41) is 3.38. The monoisotopic (exact) mass is 259 g/mol. The molecule has 1 N–H and O–H groups in total. The number of amides is 1. The minimum atomic E-state index is 0.000859. The Morgan fingerprint density at radius 3 is 2.84 bits per heavy atom. The second-order valence-electron chi connectivity index (χ2n) is 5.62. The summed E-state index contributed by atoms with van der Waals surface area (Å²) >= 11 is 0. The highest BCUT2D eigenvalue weighted by Crippen LogP contribution is 2.27. The van der Waals surface area contributed by atoms with E-state index in [0.717, 1.165) is 32.5 Å². The molecule has 1 amide bonds. The standard InChI is InChI=1S/C15H21N3O/c1-17-7-5-12-9-11(3-4-14(12)17)10-16-13-6-8-18(2)15(13)19/h3-4,9,13,16H,5-8,10H2,1-2H3. The van der Waals surface area contributed by atoms with Gasteiger partial charge in [0.25, 0.3) is 0 Å². The first-order valence-electron chi connectivity index (χ1n) is 6.96. The lowest BCUT2D eigenvalue weighted by Gasteiger charge is -2.14. The smallest absolute Gasteiger partial charge is 0.239 e. The fourth-order valence-corrected chi connectivity index (χ4v) is 2.98. The number of carbonyl (C=O) groups is 1. The van der Waals surface area contributed by atoms with Gasteiger partial charge in [0.2, 0.25) is 5.91 Å². The molecule has 0 aromatic heterocycles. The molecule has 1 unspecified atom stereocenters. The van der Waals surface area contributed by atoms with Crippen molar-refractivity contribution < 1.29 is 4.79 Å². The van der Waals surface area contributed by atoms with Gasteiger partial charge in [-0.1, -0.05) is 12.1 Å². The number of likely N-dealkylation sites (N-methyl/N-ethyl adjacent to an activating group) is 2. The highest BCUT2D eigenvalue weighted by atomic mass is 16.2. The van der Waals surface area contributed by atoms with Crippen molar-refractivity contribution in [3.05, 3.63) is 29.3 Å². The summed E-state index contributed by atoms with van der Waals surface area (Å²) in [6, 6.07) is 6.63. The minimum absolute atomic E-state index is 0.000859. The Hall–Kier alpha value is -1.55. The van der Waals surface area contributed by atoms with E-state index in [4.69, 9.17) is 0 Å². The third kappa shape index (κ3) is 2.32. The van der Waals surface area contributed by atoms with Crippen LogP contribution in [0.4, 0.5) is 5.69 Å². The average molecular weight is 259 g/mol. The molecule has 0 aliphatic carbocycles. The molecule has 0 spiro atoms. The molecular formula is C15H21N3O. The molecule has 1 fully saturated rings. The normalized spacial score (nSPS) is 22.2. The number of nitrogens with zero attached hydrogens (tertiary/aromatic N) is 2. The first-order valence-corrected chi connectivity index (χ1v) is 6.96. The molecule has 0 bridgehead atoms. The number of benzene rings is 1. The van der Waals surface area contributed by atoms with Crippen LogP contribution in [0.25, 0.3) is 0 Å². The van der Waals surface area contributed by atoms with Crippen molar-refractivity contribution in [3.8, 4) is 0 Å². The maximum Gasteiger partial charge on any atom is 0.239 e. The van der Waals surface area contributed by atoms with E-state index in [2.05, 4.69) is 35.5 Å². The van der Waals surface area contributed by atoms with Crippen LogP contribution in [0.15, 0.2) is 18.2 Å². The molecule has 102 valence electrons. The molecule has 0 saturated carbocycles. The maximum absolute atomic E-state index is 11.8. The van der Waals surface area contributed by atoms with Crippen molar-refractivity contribution in [2.45, 2.75) is 25.4 Å². The first kappa shape index (κ1) is 12.5. The average Bonchev–Trinajstić information content (AvgIpc) is 2.93. The topological polar surface area (TPSA) is 35.6 Å². The van der Waals surface area contributed by atoms with Gasteiger partial charge in [0.15, 0.2) is 0 Å². The number of hydrogen-bond donors (Lipinski definition) is 1. The molecule has 4 heteroatoms. The van der Waals surface area contributed by atoms with Crippen LogP contribution in [-0.4, -0.2) is 44.0 Å². The van der Waals surface area contributed by atoms with Crippen LogP contribution in [0.5, 0.6) is 0 Å². The fourth-order valence-electron chi connectivity index (χ4n) is 2.98. The molecule has 3 rings (SSSR count). The van der Waals surface area contributed by atoms with Crippen molar-refractivity contribution in [1.29, 1.82) is 0 Å². The Balaban J connectivity index is 1.64. The van der Waals surface area contributed by atoms with Crippen LogP contribution in [0.3, 0.4) is 0 Å². The molecule has 19 heavy (non-hydrogen) atoms. The number of rotatable bonds is 3. The van der Waals surface area contributed by atoms with E-state index >= 15 is 0 Å². The van der Waals surface area contributed by atoms with Crippen molar-refractivity contribution in [2.75, 3.05) is 32.1 Å². The van der Waals surface area contributed by atoms with E-state index in [1.54, 1.807) is 4.90 Å². The number of likely N-dealkylation sites (tertiary alicyclic amines) is 1. The summed E-state index contributed by atoms with van der Waals surface area (Å²) in [5.74, 6) is 0.223. The molecule has 2 aliphatic heterocycles. The van der Waals surface area contributed by atoms with Crippen LogP contribution in [-0.2, 0) is 17.8 Å². The van der Waals surface area contributed by atoms with Gasteiger partial charge in [-0.3, -0.25) is 4.79 Å². The molecule has 1 atom stereocenters. The lowest BCUT2D eigenvalue weighted by molar-refractivity contribution is -0.128. The Labute approximate surface area is 114 Å². The number of anilines is 1. The maximum atomic E-state index is 11.8. The Bertz CT molecular complexity index is 500. The first-order chi connectivity index (χ1) is 9.15. The zero-order valence-corrected chi connectivity index (χ0v) is 11.6. The molecule has 0 radical (unpaired) electrons. The second-order valence-corrected chi connectivity index (χ2v) is 5.62. The summed E-state index contributed by atoms with van der Waals surface area (Å²) in [4.78, 5) is 15.9. The molecule has 1 aromatic rings. The van der Waals surface area contributed by atoms with E-state index in [1.165, 1.54) is 16.8 Å². The molecular weight excluding hydrogens is 238 g/mol. The Morgan fingerprint density at radius 1 is 1.26 bits per heavy atom. The van der Waals surface area contributed by atoms with Crippen LogP contribution >= 0.6 is 0 Å². The third-order valence-electron chi connectivity index (χ3n) is 4.25. The van der Waals surface area contributed by atoms with E-state index < -0.39 is 0 Å². The number of nitrogens with one attached hydrogen (secondary N) is 1.